The van der Waals surface area contributed by atoms with Crippen molar-refractivity contribution in [1.82, 2.24) is 0 Å². The Hall–Kier alpha value is -1.44. The molecule has 0 aromatic heterocycles. The first kappa shape index (κ1) is 9.13. The zero-order valence-electron chi connectivity index (χ0n) is 8.40. The maximum atomic E-state index is 4.28. The molecule has 2 nitrogen and oxygen atoms in total. The molecule has 0 bridgehead atoms. The molecule has 2 heteroatoms. The molecule has 0 amide bonds. The second-order valence-corrected chi connectivity index (χ2v) is 3.60. The van der Waals surface area contributed by atoms with Crippen LogP contribution in [0.4, 0.5) is 0 Å². The number of hydrogen-bond acceptors (Lipinski definition) is 2. The first-order valence-electron chi connectivity index (χ1n) is 5.02. The quantitative estimate of drug-likeness (QED) is 0.644. The molecule has 0 unspecified atom stereocenters. The minimum absolute atomic E-state index is 1.03. The zero-order chi connectivity index (χ0) is 9.80. The van der Waals surface area contributed by atoms with Gasteiger partial charge in [-0.15, -0.1) is 0 Å². The first-order valence-corrected chi connectivity index (χ1v) is 5.02. The van der Waals surface area contributed by atoms with Crippen LogP contribution in [0.25, 0.3) is 0 Å². The van der Waals surface area contributed by atoms with Gasteiger partial charge in [-0.05, 0) is 31.7 Å². The van der Waals surface area contributed by atoms with Crippen LogP contribution in [0.2, 0.25) is 0 Å². The van der Waals surface area contributed by atoms with Crippen LogP contribution >= 0.6 is 0 Å². The van der Waals surface area contributed by atoms with Crippen molar-refractivity contribution < 1.29 is 0 Å². The largest absolute Gasteiger partial charge is 0.160 e. The van der Waals surface area contributed by atoms with Gasteiger partial charge >= 0.3 is 0 Å². The van der Waals surface area contributed by atoms with Crippen LogP contribution in [0, 0.1) is 0 Å². The molecule has 0 radical (unpaired) electrons. The summed E-state index contributed by atoms with van der Waals surface area (Å²) in [7, 11) is 0. The van der Waals surface area contributed by atoms with Crippen LogP contribution in [-0.4, -0.2) is 11.4 Å². The van der Waals surface area contributed by atoms with Crippen molar-refractivity contribution in [2.75, 3.05) is 0 Å². The van der Waals surface area contributed by atoms with Gasteiger partial charge in [0.25, 0.3) is 0 Å². The maximum absolute atomic E-state index is 4.28. The summed E-state index contributed by atoms with van der Waals surface area (Å²) in [5.74, 6) is 0. The van der Waals surface area contributed by atoms with Crippen molar-refractivity contribution in [2.24, 2.45) is 10.2 Å². The number of hydrogen-bond donors (Lipinski definition) is 0. The van der Waals surface area contributed by atoms with Crippen LogP contribution in [-0.2, 0) is 0 Å². The van der Waals surface area contributed by atoms with Crippen molar-refractivity contribution in [3.63, 3.8) is 0 Å². The average Bonchev–Trinajstić information content (AvgIpc) is 2.44. The van der Waals surface area contributed by atoms with E-state index in [4.69, 9.17) is 0 Å². The third-order valence-corrected chi connectivity index (χ3v) is 2.40. The number of rotatable bonds is 1. The summed E-state index contributed by atoms with van der Waals surface area (Å²) >= 11 is 0. The first-order chi connectivity index (χ1) is 6.86. The second-order valence-electron chi connectivity index (χ2n) is 3.60. The Morgan fingerprint density at radius 1 is 1.00 bits per heavy atom. The Bertz CT molecular complexity index is 363. The minimum Gasteiger partial charge on any atom is -0.160 e. The highest BCUT2D eigenvalue weighted by Gasteiger charge is 2.06. The summed E-state index contributed by atoms with van der Waals surface area (Å²) in [6.45, 7) is 2.04. The molecule has 2 rings (SSSR count). The van der Waals surface area contributed by atoms with E-state index in [1.807, 2.05) is 25.1 Å². The summed E-state index contributed by atoms with van der Waals surface area (Å²) in [5, 5.41) is 8.47. The predicted molar refractivity (Wildman–Crippen MR) is 59.9 cm³/mol. The van der Waals surface area contributed by atoms with Crippen LogP contribution in [0.15, 0.2) is 40.5 Å². The summed E-state index contributed by atoms with van der Waals surface area (Å²) in [4.78, 5) is 0. The van der Waals surface area contributed by atoms with E-state index in [1.165, 1.54) is 5.56 Å². The maximum Gasteiger partial charge on any atom is 0.0702 e. The Morgan fingerprint density at radius 3 is 2.57 bits per heavy atom. The molecule has 0 saturated carbocycles. The molecule has 0 spiro atoms. The van der Waals surface area contributed by atoms with E-state index >= 15 is 0 Å². The molecule has 0 atom stereocenters. The van der Waals surface area contributed by atoms with E-state index in [2.05, 4.69) is 22.3 Å². The van der Waals surface area contributed by atoms with Gasteiger partial charge in [-0.3, -0.25) is 0 Å². The lowest BCUT2D eigenvalue weighted by atomic mass is 10.0. The van der Waals surface area contributed by atoms with Crippen molar-refractivity contribution in [1.29, 1.82) is 0 Å². The van der Waals surface area contributed by atoms with Gasteiger partial charge in [0, 0.05) is 5.71 Å². The second kappa shape index (κ2) is 4.18. The molecule has 0 aliphatic carbocycles. The zero-order valence-corrected chi connectivity index (χ0v) is 8.40. The third-order valence-electron chi connectivity index (χ3n) is 2.40. The van der Waals surface area contributed by atoms with Crippen molar-refractivity contribution in [3.05, 3.63) is 35.9 Å². The van der Waals surface area contributed by atoms with E-state index in [1.54, 1.807) is 0 Å². The number of nitrogens with zero attached hydrogens (tertiary/aromatic N) is 2. The highest BCUT2D eigenvalue weighted by atomic mass is 15.2. The summed E-state index contributed by atoms with van der Waals surface area (Å²) < 4.78 is 0. The van der Waals surface area contributed by atoms with E-state index in [0.717, 1.165) is 30.7 Å². The molecule has 0 saturated heterocycles. The third kappa shape index (κ3) is 2.08. The van der Waals surface area contributed by atoms with Crippen LogP contribution in [0.1, 0.15) is 31.7 Å². The summed E-state index contributed by atoms with van der Waals surface area (Å²) in [6.07, 6.45) is 3.26. The minimum atomic E-state index is 1.03. The smallest absolute Gasteiger partial charge is 0.0702 e. The predicted octanol–water partition coefficient (Wildman–Crippen LogP) is 3.04. The van der Waals surface area contributed by atoms with E-state index in [0.29, 0.717) is 0 Å². The fraction of sp³-hybridized carbons (Fsp3) is 0.333. The molecule has 0 N–H and O–H groups in total. The van der Waals surface area contributed by atoms with Crippen molar-refractivity contribution in [2.45, 2.75) is 26.2 Å². The van der Waals surface area contributed by atoms with Crippen LogP contribution in [0.5, 0.6) is 0 Å². The summed E-state index contributed by atoms with van der Waals surface area (Å²) in [6, 6.07) is 10.3. The molecule has 1 aromatic carbocycles. The fourth-order valence-electron chi connectivity index (χ4n) is 1.59. The van der Waals surface area contributed by atoms with E-state index in [-0.39, 0.29) is 0 Å². The molecule has 14 heavy (non-hydrogen) atoms. The average molecular weight is 186 g/mol. The summed E-state index contributed by atoms with van der Waals surface area (Å²) in [5.41, 5.74) is 3.45. The molecule has 1 aromatic rings. The van der Waals surface area contributed by atoms with Crippen LogP contribution in [0.3, 0.4) is 0 Å². The molecule has 1 aliphatic rings. The fourth-order valence-corrected chi connectivity index (χ4v) is 1.59. The van der Waals surface area contributed by atoms with Gasteiger partial charge in [0.2, 0.25) is 0 Å². The Kier molecular flexibility index (Phi) is 2.73. The SMILES string of the molecule is CC1=NN=C(c2ccccc2)CCC1. The highest BCUT2D eigenvalue weighted by molar-refractivity contribution is 6.01. The van der Waals surface area contributed by atoms with E-state index in [9.17, 15) is 0 Å². The van der Waals surface area contributed by atoms with Gasteiger partial charge in [0.05, 0.1) is 5.71 Å². The molecular weight excluding hydrogens is 172 g/mol. The molecular formula is C12H14N2. The molecule has 1 heterocycles. The molecule has 0 fully saturated rings. The van der Waals surface area contributed by atoms with E-state index < -0.39 is 0 Å². The van der Waals surface area contributed by atoms with Gasteiger partial charge in [0.1, 0.15) is 0 Å². The Morgan fingerprint density at radius 2 is 1.79 bits per heavy atom. The standard InChI is InChI=1S/C12H14N2/c1-10-6-5-9-12(14-13-10)11-7-3-2-4-8-11/h2-4,7-8H,5-6,9H2,1H3. The van der Waals surface area contributed by atoms with Crippen LogP contribution < -0.4 is 0 Å². The molecule has 72 valence electrons. The van der Waals surface area contributed by atoms with Gasteiger partial charge < -0.3 is 0 Å². The lowest BCUT2D eigenvalue weighted by Crippen LogP contribution is -1.98. The van der Waals surface area contributed by atoms with Gasteiger partial charge in [0.15, 0.2) is 0 Å². The monoisotopic (exact) mass is 186 g/mol. The Labute approximate surface area is 84.4 Å². The topological polar surface area (TPSA) is 24.7 Å². The molecule has 1 aliphatic heterocycles. The lowest BCUT2D eigenvalue weighted by molar-refractivity contribution is 0.930. The van der Waals surface area contributed by atoms with Crippen molar-refractivity contribution in [3.8, 4) is 0 Å². The number of benzene rings is 1. The van der Waals surface area contributed by atoms with Gasteiger partial charge in [-0.1, -0.05) is 30.3 Å². The Balaban J connectivity index is 2.27. The lowest BCUT2D eigenvalue weighted by Gasteiger charge is -2.01. The van der Waals surface area contributed by atoms with Crippen molar-refractivity contribution >= 4 is 11.4 Å². The highest BCUT2D eigenvalue weighted by Crippen LogP contribution is 2.12. The van der Waals surface area contributed by atoms with Gasteiger partial charge in [-0.25, -0.2) is 0 Å². The van der Waals surface area contributed by atoms with Gasteiger partial charge in [-0.2, -0.15) is 10.2 Å². The normalized spacial score (nSPS) is 16.9.